The quantitative estimate of drug-likeness (QED) is 0.491. The topological polar surface area (TPSA) is 30.1 Å². The summed E-state index contributed by atoms with van der Waals surface area (Å²) in [7, 11) is 0. The lowest BCUT2D eigenvalue weighted by molar-refractivity contribution is 0.633. The first kappa shape index (κ1) is 8.85. The van der Waals surface area contributed by atoms with Crippen LogP contribution in [0, 0.1) is 12.4 Å². The first-order valence-corrected chi connectivity index (χ1v) is 4.07. The molecule has 0 atom stereocenters. The van der Waals surface area contributed by atoms with E-state index in [1.54, 1.807) is 0 Å². The Balaban J connectivity index is 2.89. The Labute approximate surface area is 84.0 Å². The minimum absolute atomic E-state index is 0.137. The van der Waals surface area contributed by atoms with Crippen LogP contribution in [-0.4, -0.2) is 9.97 Å². The normalized spacial score (nSPS) is 10.1. The highest BCUT2D eigenvalue weighted by molar-refractivity contribution is 6.33. The molecule has 0 aliphatic heterocycles. The van der Waals surface area contributed by atoms with E-state index in [2.05, 4.69) is 14.8 Å². The molecule has 0 saturated carbocycles. The average molecular weight is 208 g/mol. The summed E-state index contributed by atoms with van der Waals surface area (Å²) in [5.74, 6) is -0.526. The van der Waals surface area contributed by atoms with Gasteiger partial charge in [-0.15, -0.1) is 0 Å². The van der Waals surface area contributed by atoms with E-state index in [0.717, 1.165) is 6.20 Å². The molecule has 14 heavy (non-hydrogen) atoms. The third-order valence-corrected chi connectivity index (χ3v) is 2.02. The Morgan fingerprint density at radius 3 is 2.86 bits per heavy atom. The molecule has 0 radical (unpaired) electrons. The summed E-state index contributed by atoms with van der Waals surface area (Å²) in [6.45, 7) is 6.76. The lowest BCUT2D eigenvalue weighted by Gasteiger charge is -1.99. The van der Waals surface area contributed by atoms with E-state index in [1.807, 2.05) is 0 Å². The van der Waals surface area contributed by atoms with E-state index < -0.39 is 5.82 Å². The average Bonchev–Trinajstić information content (AvgIpc) is 2.23. The molecule has 0 fully saturated rings. The van der Waals surface area contributed by atoms with Crippen LogP contribution in [-0.2, 0) is 0 Å². The van der Waals surface area contributed by atoms with E-state index in [9.17, 15) is 4.39 Å². The van der Waals surface area contributed by atoms with Crippen molar-refractivity contribution in [3.63, 3.8) is 0 Å². The van der Waals surface area contributed by atoms with Crippen LogP contribution in [0.25, 0.3) is 15.7 Å². The predicted molar refractivity (Wildman–Crippen MR) is 50.8 cm³/mol. The summed E-state index contributed by atoms with van der Waals surface area (Å²) in [6.07, 6.45) is 2.35. The molecule has 0 spiro atoms. The zero-order valence-electron chi connectivity index (χ0n) is 6.83. The van der Waals surface area contributed by atoms with Crippen molar-refractivity contribution in [1.82, 2.24) is 9.97 Å². The molecule has 0 N–H and O–H groups in total. The van der Waals surface area contributed by atoms with E-state index in [-0.39, 0.29) is 21.7 Å². The number of rotatable bonds is 0. The van der Waals surface area contributed by atoms with E-state index in [4.69, 9.17) is 18.2 Å². The van der Waals surface area contributed by atoms with E-state index >= 15 is 0 Å². The number of hydrogen-bond acceptors (Lipinski definition) is 2. The first-order valence-electron chi connectivity index (χ1n) is 3.69. The molecule has 0 unspecified atom stereocenters. The van der Waals surface area contributed by atoms with E-state index in [0.29, 0.717) is 0 Å². The van der Waals surface area contributed by atoms with Crippen LogP contribution in [0.15, 0.2) is 18.5 Å². The fraction of sp³-hybridized carbons (Fsp3) is 0. The van der Waals surface area contributed by atoms with Gasteiger partial charge in [-0.1, -0.05) is 11.6 Å². The molecule has 0 aliphatic rings. The van der Waals surface area contributed by atoms with Crippen molar-refractivity contribution >= 4 is 28.2 Å². The molecule has 0 bridgehead atoms. The minimum Gasteiger partial charge on any atom is -0.264 e. The standard InChI is InChI=1S/C9H3ClFN3/c1-12-5-2-6-7(11)4-14-9(10)8(6)13-3-5/h2-4H. The van der Waals surface area contributed by atoms with Crippen molar-refractivity contribution in [2.75, 3.05) is 0 Å². The van der Waals surface area contributed by atoms with Gasteiger partial charge in [-0.3, -0.25) is 4.98 Å². The van der Waals surface area contributed by atoms with Crippen LogP contribution in [0.3, 0.4) is 0 Å². The van der Waals surface area contributed by atoms with Crippen LogP contribution in [0.1, 0.15) is 0 Å². The zero-order chi connectivity index (χ0) is 10.1. The van der Waals surface area contributed by atoms with Crippen LogP contribution >= 0.6 is 11.6 Å². The highest BCUT2D eigenvalue weighted by atomic mass is 35.5. The second kappa shape index (κ2) is 3.20. The molecule has 0 aliphatic carbocycles. The molecular formula is C9H3ClFN3. The summed E-state index contributed by atoms with van der Waals surface area (Å²) in [4.78, 5) is 10.6. The number of halogens is 2. The maximum Gasteiger partial charge on any atom is 0.205 e. The Kier molecular flexibility index (Phi) is 2.02. The fourth-order valence-corrected chi connectivity index (χ4v) is 1.30. The summed E-state index contributed by atoms with van der Waals surface area (Å²) in [5.41, 5.74) is 0.553. The highest BCUT2D eigenvalue weighted by Crippen LogP contribution is 2.25. The molecule has 68 valence electrons. The maximum absolute atomic E-state index is 13.2. The molecule has 2 rings (SSSR count). The number of hydrogen-bond donors (Lipinski definition) is 0. The smallest absolute Gasteiger partial charge is 0.205 e. The third kappa shape index (κ3) is 1.28. The van der Waals surface area contributed by atoms with Gasteiger partial charge < -0.3 is 0 Å². The van der Waals surface area contributed by atoms with Gasteiger partial charge in [0, 0.05) is 11.6 Å². The van der Waals surface area contributed by atoms with Crippen molar-refractivity contribution in [1.29, 1.82) is 0 Å². The van der Waals surface area contributed by atoms with Gasteiger partial charge >= 0.3 is 0 Å². The van der Waals surface area contributed by atoms with Gasteiger partial charge in [-0.2, -0.15) is 0 Å². The zero-order valence-corrected chi connectivity index (χ0v) is 7.59. The molecule has 0 amide bonds. The summed E-state index contributed by atoms with van der Waals surface area (Å²) in [6, 6.07) is 1.40. The SMILES string of the molecule is [C-]#[N+]c1cnc2c(Cl)ncc(F)c2c1. The Morgan fingerprint density at radius 2 is 2.14 bits per heavy atom. The molecular weight excluding hydrogens is 205 g/mol. The second-order valence-electron chi connectivity index (χ2n) is 2.60. The number of pyridine rings is 2. The van der Waals surface area contributed by atoms with Gasteiger partial charge in [0.1, 0.15) is 11.3 Å². The summed E-state index contributed by atoms with van der Waals surface area (Å²) in [5, 5.41) is 0.358. The van der Waals surface area contributed by atoms with Crippen molar-refractivity contribution in [2.24, 2.45) is 0 Å². The van der Waals surface area contributed by atoms with Crippen molar-refractivity contribution in [3.05, 3.63) is 40.8 Å². The number of aromatic nitrogens is 2. The third-order valence-electron chi connectivity index (χ3n) is 1.75. The second-order valence-corrected chi connectivity index (χ2v) is 2.96. The molecule has 2 aromatic rings. The molecule has 2 aromatic heterocycles. The molecule has 0 saturated heterocycles. The summed E-state index contributed by atoms with van der Waals surface area (Å²) >= 11 is 5.71. The van der Waals surface area contributed by atoms with Gasteiger partial charge in [0.25, 0.3) is 0 Å². The first-order chi connectivity index (χ1) is 6.72. The van der Waals surface area contributed by atoms with Gasteiger partial charge in [-0.05, 0) is 6.07 Å². The van der Waals surface area contributed by atoms with Crippen molar-refractivity contribution in [3.8, 4) is 0 Å². The Morgan fingerprint density at radius 1 is 1.36 bits per heavy atom. The van der Waals surface area contributed by atoms with Gasteiger partial charge in [0.05, 0.1) is 12.8 Å². The lowest BCUT2D eigenvalue weighted by atomic mass is 10.2. The molecule has 3 nitrogen and oxygen atoms in total. The summed E-state index contributed by atoms with van der Waals surface area (Å²) < 4.78 is 13.2. The van der Waals surface area contributed by atoms with Crippen molar-refractivity contribution < 1.29 is 4.39 Å². The predicted octanol–water partition coefficient (Wildman–Crippen LogP) is 2.97. The van der Waals surface area contributed by atoms with Crippen molar-refractivity contribution in [2.45, 2.75) is 0 Å². The molecule has 0 aromatic carbocycles. The van der Waals surface area contributed by atoms with Gasteiger partial charge in [0.15, 0.2) is 5.15 Å². The minimum atomic E-state index is -0.526. The van der Waals surface area contributed by atoms with Crippen LogP contribution in [0.5, 0.6) is 0 Å². The van der Waals surface area contributed by atoms with Gasteiger partial charge in [0.2, 0.25) is 5.69 Å². The molecule has 5 heteroatoms. The maximum atomic E-state index is 13.2. The fourth-order valence-electron chi connectivity index (χ4n) is 1.11. The highest BCUT2D eigenvalue weighted by Gasteiger charge is 2.07. The van der Waals surface area contributed by atoms with Crippen LogP contribution in [0.2, 0.25) is 5.15 Å². The lowest BCUT2D eigenvalue weighted by Crippen LogP contribution is -1.87. The molecule has 2 heterocycles. The van der Waals surface area contributed by atoms with Crippen LogP contribution in [0.4, 0.5) is 10.1 Å². The number of nitrogens with zero attached hydrogens (tertiary/aromatic N) is 3. The monoisotopic (exact) mass is 207 g/mol. The Hall–Kier alpha value is -1.73. The Bertz CT molecular complexity index is 547. The largest absolute Gasteiger partial charge is 0.264 e. The number of fused-ring (bicyclic) bond motifs is 1. The van der Waals surface area contributed by atoms with Crippen LogP contribution < -0.4 is 0 Å². The van der Waals surface area contributed by atoms with E-state index in [1.165, 1.54) is 12.3 Å². The van der Waals surface area contributed by atoms with Gasteiger partial charge in [-0.25, -0.2) is 14.2 Å².